The fourth-order valence-corrected chi connectivity index (χ4v) is 2.33. The minimum Gasteiger partial charge on any atom is -0.338 e. The van der Waals surface area contributed by atoms with Crippen LogP contribution in [-0.2, 0) is 6.18 Å². The Bertz CT molecular complexity index is 890. The predicted octanol–water partition coefficient (Wildman–Crippen LogP) is 5.35. The molecule has 1 heterocycles. The van der Waals surface area contributed by atoms with Crippen molar-refractivity contribution < 1.29 is 17.6 Å². The summed E-state index contributed by atoms with van der Waals surface area (Å²) in [6.45, 7) is 1.70. The summed E-state index contributed by atoms with van der Waals surface area (Å²) in [5, 5.41) is 10.9. The van der Waals surface area contributed by atoms with E-state index in [4.69, 9.17) is 0 Å². The Balaban J connectivity index is 2.04. The molecule has 0 atom stereocenters. The zero-order chi connectivity index (χ0) is 18.0. The second-order valence-electron chi connectivity index (χ2n) is 5.46. The summed E-state index contributed by atoms with van der Waals surface area (Å²) < 4.78 is 51.9. The third kappa shape index (κ3) is 3.93. The van der Waals surface area contributed by atoms with Crippen LogP contribution in [0, 0.1) is 12.7 Å². The molecule has 0 saturated carbocycles. The molecule has 0 aliphatic heterocycles. The van der Waals surface area contributed by atoms with Gasteiger partial charge in [0.2, 0.25) is 0 Å². The molecule has 3 aromatic rings. The topological polar surface area (TPSA) is 37.8 Å². The first-order chi connectivity index (χ1) is 11.8. The Morgan fingerprint density at radius 1 is 0.920 bits per heavy atom. The van der Waals surface area contributed by atoms with Crippen LogP contribution in [0.4, 0.5) is 29.1 Å². The van der Waals surface area contributed by atoms with E-state index >= 15 is 0 Å². The zero-order valence-corrected chi connectivity index (χ0v) is 13.1. The van der Waals surface area contributed by atoms with E-state index in [0.29, 0.717) is 22.5 Å². The lowest BCUT2D eigenvalue weighted by Crippen LogP contribution is -2.05. The average molecular weight is 347 g/mol. The number of alkyl halides is 3. The van der Waals surface area contributed by atoms with Crippen molar-refractivity contribution in [2.24, 2.45) is 0 Å². The van der Waals surface area contributed by atoms with E-state index in [2.05, 4.69) is 15.5 Å². The quantitative estimate of drug-likeness (QED) is 0.649. The first-order valence-electron chi connectivity index (χ1n) is 7.37. The molecular formula is C18H13F4N3. The maximum Gasteiger partial charge on any atom is 0.416 e. The number of rotatable bonds is 3. The van der Waals surface area contributed by atoms with Crippen LogP contribution in [-0.4, -0.2) is 10.2 Å². The van der Waals surface area contributed by atoms with E-state index in [0.717, 1.165) is 12.1 Å². The van der Waals surface area contributed by atoms with Gasteiger partial charge in [-0.05, 0) is 55.0 Å². The average Bonchev–Trinajstić information content (AvgIpc) is 2.58. The minimum atomic E-state index is -4.43. The van der Waals surface area contributed by atoms with Crippen LogP contribution in [0.5, 0.6) is 0 Å². The fraction of sp³-hybridized carbons (Fsp3) is 0.111. The van der Waals surface area contributed by atoms with Gasteiger partial charge in [0.25, 0.3) is 0 Å². The summed E-state index contributed by atoms with van der Waals surface area (Å²) in [5.74, 6) is -0.102. The van der Waals surface area contributed by atoms with Crippen molar-refractivity contribution in [2.75, 3.05) is 5.32 Å². The van der Waals surface area contributed by atoms with Gasteiger partial charge >= 0.3 is 6.18 Å². The van der Waals surface area contributed by atoms with Gasteiger partial charge < -0.3 is 5.32 Å². The molecule has 0 unspecified atom stereocenters. The Morgan fingerprint density at radius 3 is 2.32 bits per heavy atom. The number of nitrogens with one attached hydrogen (secondary N) is 1. The lowest BCUT2D eigenvalue weighted by Gasteiger charge is -2.13. The van der Waals surface area contributed by atoms with Crippen LogP contribution in [0.1, 0.15) is 11.3 Å². The Morgan fingerprint density at radius 2 is 1.64 bits per heavy atom. The number of aryl methyl sites for hydroxylation is 1. The number of aromatic nitrogens is 2. The van der Waals surface area contributed by atoms with Crippen molar-refractivity contribution in [1.29, 1.82) is 0 Å². The molecule has 0 aliphatic rings. The summed E-state index contributed by atoms with van der Waals surface area (Å²) in [5.41, 5.74) is 1.21. The number of hydrogen-bond acceptors (Lipinski definition) is 3. The second kappa shape index (κ2) is 6.51. The molecule has 7 heteroatoms. The molecule has 3 rings (SSSR count). The van der Waals surface area contributed by atoms with Crippen molar-refractivity contribution >= 4 is 11.5 Å². The highest BCUT2D eigenvalue weighted by Crippen LogP contribution is 2.34. The van der Waals surface area contributed by atoms with Crippen molar-refractivity contribution in [3.8, 4) is 11.1 Å². The van der Waals surface area contributed by atoms with Crippen LogP contribution in [0.2, 0.25) is 0 Å². The van der Waals surface area contributed by atoms with Crippen molar-refractivity contribution in [3.63, 3.8) is 0 Å². The number of anilines is 2. The van der Waals surface area contributed by atoms with Crippen molar-refractivity contribution in [1.82, 2.24) is 10.2 Å². The molecule has 0 bridgehead atoms. The summed E-state index contributed by atoms with van der Waals surface area (Å²) in [6.07, 6.45) is -4.43. The Hall–Kier alpha value is -2.96. The molecule has 2 aromatic carbocycles. The molecule has 0 spiro atoms. The number of hydrogen-bond donors (Lipinski definition) is 1. The molecule has 3 nitrogen and oxygen atoms in total. The fourth-order valence-electron chi connectivity index (χ4n) is 2.33. The van der Waals surface area contributed by atoms with E-state index in [-0.39, 0.29) is 5.82 Å². The van der Waals surface area contributed by atoms with Gasteiger partial charge in [0, 0.05) is 11.3 Å². The zero-order valence-electron chi connectivity index (χ0n) is 13.1. The summed E-state index contributed by atoms with van der Waals surface area (Å²) in [7, 11) is 0. The first-order valence-corrected chi connectivity index (χ1v) is 7.37. The maximum absolute atomic E-state index is 13.0. The van der Waals surface area contributed by atoms with E-state index in [1.165, 1.54) is 30.3 Å². The van der Waals surface area contributed by atoms with Crippen molar-refractivity contribution in [2.45, 2.75) is 13.1 Å². The molecule has 0 saturated heterocycles. The maximum atomic E-state index is 13.0. The molecule has 0 aliphatic carbocycles. The van der Waals surface area contributed by atoms with Crippen LogP contribution >= 0.6 is 0 Å². The normalized spacial score (nSPS) is 11.4. The smallest absolute Gasteiger partial charge is 0.338 e. The first kappa shape index (κ1) is 16.9. The molecule has 1 N–H and O–H groups in total. The van der Waals surface area contributed by atoms with Crippen molar-refractivity contribution in [3.05, 3.63) is 71.7 Å². The molecule has 0 radical (unpaired) electrons. The summed E-state index contributed by atoms with van der Waals surface area (Å²) >= 11 is 0. The third-order valence-electron chi connectivity index (χ3n) is 3.52. The number of nitrogens with zero attached hydrogens (tertiary/aromatic N) is 2. The highest BCUT2D eigenvalue weighted by atomic mass is 19.4. The molecular weight excluding hydrogens is 334 g/mol. The van der Waals surface area contributed by atoms with Crippen LogP contribution < -0.4 is 5.32 Å². The SMILES string of the molecule is Cc1cc(-c2cccc(C(F)(F)F)c2)c(Nc2ccc(F)cc2)nn1. The number of benzene rings is 2. The second-order valence-corrected chi connectivity index (χ2v) is 5.46. The van der Waals surface area contributed by atoms with Gasteiger partial charge in [-0.2, -0.15) is 18.3 Å². The standard InChI is InChI=1S/C18H13F4N3/c1-11-9-16(12-3-2-4-13(10-12)18(20,21)22)17(25-24-11)23-15-7-5-14(19)6-8-15/h2-10H,1H3,(H,23,25). The van der Waals surface area contributed by atoms with Crippen LogP contribution in [0.15, 0.2) is 54.6 Å². The largest absolute Gasteiger partial charge is 0.416 e. The Kier molecular flexibility index (Phi) is 4.39. The summed E-state index contributed by atoms with van der Waals surface area (Å²) in [4.78, 5) is 0. The molecule has 1 aromatic heterocycles. The van der Waals surface area contributed by atoms with Gasteiger partial charge in [0.15, 0.2) is 5.82 Å². The minimum absolute atomic E-state index is 0.288. The van der Waals surface area contributed by atoms with Gasteiger partial charge in [-0.25, -0.2) is 4.39 Å². The molecule has 0 fully saturated rings. The predicted molar refractivity (Wildman–Crippen MR) is 86.9 cm³/mol. The summed E-state index contributed by atoms with van der Waals surface area (Å²) in [6, 6.07) is 12.2. The van der Waals surface area contributed by atoms with Crippen LogP contribution in [0.25, 0.3) is 11.1 Å². The van der Waals surface area contributed by atoms with Gasteiger partial charge in [-0.1, -0.05) is 12.1 Å². The van der Waals surface area contributed by atoms with E-state index < -0.39 is 17.6 Å². The third-order valence-corrected chi connectivity index (χ3v) is 3.52. The lowest BCUT2D eigenvalue weighted by atomic mass is 10.0. The molecule has 128 valence electrons. The van der Waals surface area contributed by atoms with Crippen LogP contribution in [0.3, 0.4) is 0 Å². The van der Waals surface area contributed by atoms with Gasteiger partial charge in [-0.15, -0.1) is 5.10 Å². The highest BCUT2D eigenvalue weighted by molar-refractivity contribution is 5.78. The lowest BCUT2D eigenvalue weighted by molar-refractivity contribution is -0.137. The highest BCUT2D eigenvalue weighted by Gasteiger charge is 2.30. The number of halogens is 4. The molecule has 25 heavy (non-hydrogen) atoms. The molecule has 0 amide bonds. The van der Waals surface area contributed by atoms with Gasteiger partial charge in [-0.3, -0.25) is 0 Å². The van der Waals surface area contributed by atoms with E-state index in [1.54, 1.807) is 19.1 Å². The Labute approximate surface area is 141 Å². The van der Waals surface area contributed by atoms with Gasteiger partial charge in [0.05, 0.1) is 11.3 Å². The monoisotopic (exact) mass is 347 g/mol. The van der Waals surface area contributed by atoms with Gasteiger partial charge in [0.1, 0.15) is 5.82 Å². The van der Waals surface area contributed by atoms with E-state index in [1.807, 2.05) is 0 Å². The van der Waals surface area contributed by atoms with E-state index in [9.17, 15) is 17.6 Å².